The molecule has 160 valence electrons. The molecule has 8 nitrogen and oxygen atoms in total. The Kier molecular flexibility index (Phi) is 6.34. The zero-order chi connectivity index (χ0) is 21.8. The second-order valence-corrected chi connectivity index (χ2v) is 6.93. The van der Waals surface area contributed by atoms with Crippen molar-refractivity contribution in [3.63, 3.8) is 0 Å². The van der Waals surface area contributed by atoms with E-state index in [9.17, 15) is 9.59 Å². The van der Waals surface area contributed by atoms with Crippen molar-refractivity contribution in [1.82, 2.24) is 0 Å². The second kappa shape index (κ2) is 8.94. The number of hydrogen-bond acceptors (Lipinski definition) is 6. The van der Waals surface area contributed by atoms with Crippen LogP contribution in [0.15, 0.2) is 36.4 Å². The molecule has 0 saturated heterocycles. The highest BCUT2D eigenvalue weighted by Gasteiger charge is 2.37. The van der Waals surface area contributed by atoms with Gasteiger partial charge in [-0.3, -0.25) is 9.69 Å². The molecule has 2 atom stereocenters. The maximum absolute atomic E-state index is 13.2. The topological polar surface area (TPSA) is 86.3 Å². The summed E-state index contributed by atoms with van der Waals surface area (Å²) >= 11 is 0. The highest BCUT2D eigenvalue weighted by molar-refractivity contribution is 6.04. The molecule has 0 spiro atoms. The van der Waals surface area contributed by atoms with Gasteiger partial charge in [0.25, 0.3) is 0 Å². The molecule has 30 heavy (non-hydrogen) atoms. The van der Waals surface area contributed by atoms with Gasteiger partial charge in [0.1, 0.15) is 0 Å². The minimum absolute atomic E-state index is 0.217. The lowest BCUT2D eigenvalue weighted by Crippen LogP contribution is -2.46. The number of rotatable bonds is 5. The summed E-state index contributed by atoms with van der Waals surface area (Å²) in [7, 11) is 5.92. The summed E-state index contributed by atoms with van der Waals surface area (Å²) in [5, 5.41) is 2.90. The standard InChI is InChI=1S/C22H26N2O6/c1-13-10-16(21(25)30-5)15-8-6-7-9-17(15)24(13)22(26)23-14-11-18(27-2)20(29-4)19(12-14)28-3/h6-9,11-13,16H,10H2,1-5H3,(H,23,26). The highest BCUT2D eigenvalue weighted by Crippen LogP contribution is 2.41. The molecule has 1 heterocycles. The first-order valence-corrected chi connectivity index (χ1v) is 9.52. The smallest absolute Gasteiger partial charge is 0.326 e. The van der Waals surface area contributed by atoms with Gasteiger partial charge in [-0.25, -0.2) is 4.79 Å². The molecule has 1 N–H and O–H groups in total. The number of urea groups is 1. The fraction of sp³-hybridized carbons (Fsp3) is 0.364. The minimum atomic E-state index is -0.411. The molecule has 8 heteroatoms. The van der Waals surface area contributed by atoms with Crippen molar-refractivity contribution in [2.24, 2.45) is 0 Å². The predicted octanol–water partition coefficient (Wildman–Crippen LogP) is 3.80. The van der Waals surface area contributed by atoms with Crippen LogP contribution < -0.4 is 24.4 Å². The van der Waals surface area contributed by atoms with Crippen LogP contribution in [0.2, 0.25) is 0 Å². The minimum Gasteiger partial charge on any atom is -0.493 e. The molecule has 1 aliphatic rings. The Bertz CT molecular complexity index is 920. The number of hydrogen-bond donors (Lipinski definition) is 1. The predicted molar refractivity (Wildman–Crippen MR) is 113 cm³/mol. The van der Waals surface area contributed by atoms with Crippen molar-refractivity contribution in [2.45, 2.75) is 25.3 Å². The average molecular weight is 414 g/mol. The maximum Gasteiger partial charge on any atom is 0.326 e. The fourth-order valence-electron chi connectivity index (χ4n) is 3.82. The van der Waals surface area contributed by atoms with Crippen LogP contribution in [-0.4, -0.2) is 46.5 Å². The van der Waals surface area contributed by atoms with Crippen LogP contribution in [0, 0.1) is 0 Å². The van der Waals surface area contributed by atoms with Crippen LogP contribution in [0.5, 0.6) is 17.2 Å². The van der Waals surface area contributed by atoms with E-state index in [2.05, 4.69) is 5.32 Å². The summed E-state index contributed by atoms with van der Waals surface area (Å²) in [6.07, 6.45) is 0.465. The number of benzene rings is 2. The summed E-state index contributed by atoms with van der Waals surface area (Å²) in [6.45, 7) is 1.90. The van der Waals surface area contributed by atoms with Crippen LogP contribution in [0.4, 0.5) is 16.2 Å². The van der Waals surface area contributed by atoms with Gasteiger partial charge in [-0.2, -0.15) is 0 Å². The zero-order valence-corrected chi connectivity index (χ0v) is 17.7. The molecule has 0 bridgehead atoms. The molecular weight excluding hydrogens is 388 g/mol. The van der Waals surface area contributed by atoms with Gasteiger partial charge in [0.15, 0.2) is 11.5 Å². The molecule has 1 aliphatic heterocycles. The van der Waals surface area contributed by atoms with Crippen molar-refractivity contribution in [3.05, 3.63) is 42.0 Å². The summed E-state index contributed by atoms with van der Waals surface area (Å²) in [5.41, 5.74) is 1.94. The molecule has 2 unspecified atom stereocenters. The molecule has 3 rings (SSSR count). The third-order valence-corrected chi connectivity index (χ3v) is 5.21. The van der Waals surface area contributed by atoms with Gasteiger partial charge in [0, 0.05) is 23.9 Å². The number of para-hydroxylation sites is 1. The lowest BCUT2D eigenvalue weighted by Gasteiger charge is -2.38. The Morgan fingerprint density at radius 1 is 1.00 bits per heavy atom. The highest BCUT2D eigenvalue weighted by atomic mass is 16.5. The monoisotopic (exact) mass is 414 g/mol. The molecule has 2 aromatic carbocycles. The molecule has 2 aromatic rings. The van der Waals surface area contributed by atoms with Gasteiger partial charge in [0.05, 0.1) is 40.0 Å². The lowest BCUT2D eigenvalue weighted by molar-refractivity contribution is -0.142. The van der Waals surface area contributed by atoms with E-state index in [1.165, 1.54) is 28.4 Å². The maximum atomic E-state index is 13.2. The Hall–Kier alpha value is -3.42. The Balaban J connectivity index is 1.94. The molecule has 0 saturated carbocycles. The summed E-state index contributed by atoms with van der Waals surface area (Å²) < 4.78 is 21.0. The lowest BCUT2D eigenvalue weighted by atomic mass is 9.86. The summed E-state index contributed by atoms with van der Waals surface area (Å²) in [5.74, 6) is 0.594. The molecule has 0 fully saturated rings. The van der Waals surface area contributed by atoms with E-state index in [-0.39, 0.29) is 18.0 Å². The van der Waals surface area contributed by atoms with Crippen LogP contribution in [0.3, 0.4) is 0 Å². The van der Waals surface area contributed by atoms with E-state index in [4.69, 9.17) is 18.9 Å². The quantitative estimate of drug-likeness (QED) is 0.749. The number of esters is 1. The Labute approximate surface area is 175 Å². The van der Waals surface area contributed by atoms with E-state index < -0.39 is 5.92 Å². The number of carbonyl (C=O) groups is 2. The summed E-state index contributed by atoms with van der Waals surface area (Å²) in [6, 6.07) is 10.1. The Morgan fingerprint density at radius 2 is 1.63 bits per heavy atom. The first kappa shape index (κ1) is 21.3. The first-order chi connectivity index (χ1) is 14.4. The first-order valence-electron chi connectivity index (χ1n) is 9.52. The van der Waals surface area contributed by atoms with Crippen molar-refractivity contribution in [1.29, 1.82) is 0 Å². The molecule has 0 aromatic heterocycles. The largest absolute Gasteiger partial charge is 0.493 e. The number of fused-ring (bicyclic) bond motifs is 1. The van der Waals surface area contributed by atoms with Crippen LogP contribution in [-0.2, 0) is 9.53 Å². The molecular formula is C22H26N2O6. The van der Waals surface area contributed by atoms with Crippen LogP contribution in [0.25, 0.3) is 0 Å². The SMILES string of the molecule is COC(=O)C1CC(C)N(C(=O)Nc2cc(OC)c(OC)c(OC)c2)c2ccccc21. The van der Waals surface area contributed by atoms with Crippen LogP contribution in [0.1, 0.15) is 24.8 Å². The van der Waals surface area contributed by atoms with Gasteiger partial charge in [0.2, 0.25) is 5.75 Å². The third-order valence-electron chi connectivity index (χ3n) is 5.21. The van der Waals surface area contributed by atoms with E-state index in [1.807, 2.05) is 31.2 Å². The molecule has 0 aliphatic carbocycles. The van der Waals surface area contributed by atoms with Gasteiger partial charge >= 0.3 is 12.0 Å². The van der Waals surface area contributed by atoms with Crippen molar-refractivity contribution in [2.75, 3.05) is 38.7 Å². The number of nitrogens with one attached hydrogen (secondary N) is 1. The van der Waals surface area contributed by atoms with Gasteiger partial charge < -0.3 is 24.3 Å². The Morgan fingerprint density at radius 3 is 2.20 bits per heavy atom. The normalized spacial score (nSPS) is 17.6. The molecule has 2 amide bonds. The fourth-order valence-corrected chi connectivity index (χ4v) is 3.82. The van der Waals surface area contributed by atoms with E-state index in [0.717, 1.165) is 5.56 Å². The van der Waals surface area contributed by atoms with Gasteiger partial charge in [-0.15, -0.1) is 0 Å². The van der Waals surface area contributed by atoms with E-state index in [1.54, 1.807) is 17.0 Å². The second-order valence-electron chi connectivity index (χ2n) is 6.93. The number of carbonyl (C=O) groups excluding carboxylic acids is 2. The van der Waals surface area contributed by atoms with E-state index >= 15 is 0 Å². The average Bonchev–Trinajstić information content (AvgIpc) is 2.76. The number of methoxy groups -OCH3 is 4. The van der Waals surface area contributed by atoms with Crippen molar-refractivity contribution in [3.8, 4) is 17.2 Å². The zero-order valence-electron chi connectivity index (χ0n) is 17.7. The summed E-state index contributed by atoms with van der Waals surface area (Å²) in [4.78, 5) is 27.1. The number of ether oxygens (including phenoxy) is 4. The van der Waals surface area contributed by atoms with Crippen molar-refractivity contribution < 1.29 is 28.5 Å². The molecule has 0 radical (unpaired) electrons. The van der Waals surface area contributed by atoms with Gasteiger partial charge in [-0.05, 0) is 25.0 Å². The third kappa shape index (κ3) is 3.85. The van der Waals surface area contributed by atoms with Crippen molar-refractivity contribution >= 4 is 23.4 Å². The number of anilines is 2. The number of nitrogens with zero attached hydrogens (tertiary/aromatic N) is 1. The van der Waals surface area contributed by atoms with Gasteiger partial charge in [-0.1, -0.05) is 18.2 Å². The number of amides is 2. The van der Waals surface area contributed by atoms with E-state index in [0.29, 0.717) is 35.0 Å². The van der Waals surface area contributed by atoms with Crippen LogP contribution >= 0.6 is 0 Å².